The van der Waals surface area contributed by atoms with Crippen LogP contribution in [0.4, 0.5) is 0 Å². The van der Waals surface area contributed by atoms with Crippen molar-refractivity contribution in [2.24, 2.45) is 5.73 Å². The lowest BCUT2D eigenvalue weighted by atomic mass is 10.2. The Labute approximate surface area is 93.6 Å². The van der Waals surface area contributed by atoms with Crippen molar-refractivity contribution in [1.29, 1.82) is 0 Å². The molecule has 6 nitrogen and oxygen atoms in total. The molecule has 3 N–H and O–H groups in total. The first-order valence-electron chi connectivity index (χ1n) is 5.63. The SMILES string of the molecule is NCCCCc1nc(C(=O)NC2CC2)no1. The van der Waals surface area contributed by atoms with E-state index < -0.39 is 0 Å². The fraction of sp³-hybridized carbons (Fsp3) is 0.700. The van der Waals surface area contributed by atoms with Crippen molar-refractivity contribution >= 4 is 5.91 Å². The van der Waals surface area contributed by atoms with Gasteiger partial charge < -0.3 is 15.6 Å². The quantitative estimate of drug-likeness (QED) is 0.675. The average Bonchev–Trinajstić information content (AvgIpc) is 2.95. The number of aryl methyl sites for hydroxylation is 1. The van der Waals surface area contributed by atoms with Gasteiger partial charge in [0.15, 0.2) is 0 Å². The Hall–Kier alpha value is -1.43. The third-order valence-electron chi connectivity index (χ3n) is 2.43. The number of hydrogen-bond donors (Lipinski definition) is 2. The van der Waals surface area contributed by atoms with E-state index in [-0.39, 0.29) is 11.7 Å². The molecule has 0 radical (unpaired) electrons. The molecule has 0 unspecified atom stereocenters. The molecule has 6 heteroatoms. The molecule has 1 heterocycles. The van der Waals surface area contributed by atoms with Gasteiger partial charge in [0.1, 0.15) is 0 Å². The number of amides is 1. The second-order valence-corrected chi connectivity index (χ2v) is 4.01. The zero-order valence-electron chi connectivity index (χ0n) is 9.11. The van der Waals surface area contributed by atoms with Crippen LogP contribution in [0.15, 0.2) is 4.52 Å². The molecule has 1 aliphatic carbocycles. The van der Waals surface area contributed by atoms with E-state index in [1.807, 2.05) is 0 Å². The number of carbonyl (C=O) groups is 1. The first-order valence-corrected chi connectivity index (χ1v) is 5.63. The van der Waals surface area contributed by atoms with Crippen molar-refractivity contribution < 1.29 is 9.32 Å². The molecule has 0 aliphatic heterocycles. The van der Waals surface area contributed by atoms with Crippen LogP contribution in [0.1, 0.15) is 42.2 Å². The van der Waals surface area contributed by atoms with Crippen LogP contribution in [-0.2, 0) is 6.42 Å². The first-order chi connectivity index (χ1) is 7.79. The maximum absolute atomic E-state index is 11.5. The smallest absolute Gasteiger partial charge is 0.292 e. The molecular formula is C10H16N4O2. The van der Waals surface area contributed by atoms with E-state index in [1.165, 1.54) is 0 Å². The molecule has 16 heavy (non-hydrogen) atoms. The molecule has 0 saturated heterocycles. The summed E-state index contributed by atoms with van der Waals surface area (Å²) in [5.41, 5.74) is 5.38. The topological polar surface area (TPSA) is 94.0 Å². The summed E-state index contributed by atoms with van der Waals surface area (Å²) in [6, 6.07) is 0.312. The predicted octanol–water partition coefficient (Wildman–Crippen LogP) is 0.243. The van der Waals surface area contributed by atoms with Gasteiger partial charge in [-0.1, -0.05) is 5.16 Å². The van der Waals surface area contributed by atoms with E-state index in [1.54, 1.807) is 0 Å². The number of carbonyl (C=O) groups excluding carboxylic acids is 1. The minimum absolute atomic E-state index is 0.134. The van der Waals surface area contributed by atoms with E-state index in [4.69, 9.17) is 10.3 Å². The number of nitrogens with zero attached hydrogens (tertiary/aromatic N) is 2. The van der Waals surface area contributed by atoms with Crippen LogP contribution in [0, 0.1) is 0 Å². The van der Waals surface area contributed by atoms with E-state index in [2.05, 4.69) is 15.5 Å². The number of nitrogens with one attached hydrogen (secondary N) is 1. The summed E-state index contributed by atoms with van der Waals surface area (Å²) in [5, 5.41) is 6.45. The molecule has 1 aromatic rings. The number of aromatic nitrogens is 2. The van der Waals surface area contributed by atoms with Gasteiger partial charge in [0.2, 0.25) is 5.89 Å². The molecule has 1 amide bonds. The minimum atomic E-state index is -0.240. The fourth-order valence-corrected chi connectivity index (χ4v) is 1.35. The monoisotopic (exact) mass is 224 g/mol. The highest BCUT2D eigenvalue weighted by Crippen LogP contribution is 2.18. The van der Waals surface area contributed by atoms with E-state index in [0.29, 0.717) is 24.9 Å². The maximum atomic E-state index is 11.5. The van der Waals surface area contributed by atoms with Crippen molar-refractivity contribution in [2.45, 2.75) is 38.1 Å². The molecule has 1 saturated carbocycles. The van der Waals surface area contributed by atoms with Gasteiger partial charge in [-0.3, -0.25) is 4.79 Å². The highest BCUT2D eigenvalue weighted by atomic mass is 16.5. The first kappa shape index (κ1) is 11.1. The van der Waals surface area contributed by atoms with Crippen LogP contribution in [-0.4, -0.2) is 28.6 Å². The normalized spacial score (nSPS) is 15.1. The Morgan fingerprint density at radius 2 is 2.31 bits per heavy atom. The van der Waals surface area contributed by atoms with Crippen LogP contribution in [0.3, 0.4) is 0 Å². The highest BCUT2D eigenvalue weighted by molar-refractivity contribution is 5.90. The second-order valence-electron chi connectivity index (χ2n) is 4.01. The van der Waals surface area contributed by atoms with Gasteiger partial charge in [0.25, 0.3) is 11.7 Å². The average molecular weight is 224 g/mol. The number of unbranched alkanes of at least 4 members (excludes halogenated alkanes) is 1. The minimum Gasteiger partial charge on any atom is -0.346 e. The lowest BCUT2D eigenvalue weighted by molar-refractivity contribution is 0.0937. The molecule has 0 bridgehead atoms. The molecule has 2 rings (SSSR count). The highest BCUT2D eigenvalue weighted by Gasteiger charge is 2.25. The molecule has 0 atom stereocenters. The van der Waals surface area contributed by atoms with Crippen LogP contribution in [0.2, 0.25) is 0 Å². The summed E-state index contributed by atoms with van der Waals surface area (Å²) in [7, 11) is 0. The van der Waals surface area contributed by atoms with Crippen LogP contribution >= 0.6 is 0 Å². The van der Waals surface area contributed by atoms with Crippen LogP contribution < -0.4 is 11.1 Å². The van der Waals surface area contributed by atoms with Gasteiger partial charge in [0, 0.05) is 12.5 Å². The third-order valence-corrected chi connectivity index (χ3v) is 2.43. The number of hydrogen-bond acceptors (Lipinski definition) is 5. The summed E-state index contributed by atoms with van der Waals surface area (Å²) in [6.45, 7) is 0.656. The fourth-order valence-electron chi connectivity index (χ4n) is 1.35. The van der Waals surface area contributed by atoms with Crippen molar-refractivity contribution in [3.05, 3.63) is 11.7 Å². The van der Waals surface area contributed by atoms with E-state index in [9.17, 15) is 4.79 Å². The second kappa shape index (κ2) is 5.07. The molecule has 0 spiro atoms. The molecular weight excluding hydrogens is 208 g/mol. The Bertz CT molecular complexity index is 359. The summed E-state index contributed by atoms with van der Waals surface area (Å²) >= 11 is 0. The standard InChI is InChI=1S/C10H16N4O2/c11-6-2-1-3-8-13-9(14-16-8)10(15)12-7-4-5-7/h7H,1-6,11H2,(H,12,15). The lowest BCUT2D eigenvalue weighted by Gasteiger charge is -1.95. The molecule has 0 aromatic carbocycles. The zero-order chi connectivity index (χ0) is 11.4. The lowest BCUT2D eigenvalue weighted by Crippen LogP contribution is -2.26. The summed E-state index contributed by atoms with van der Waals surface area (Å²) < 4.78 is 4.97. The van der Waals surface area contributed by atoms with E-state index in [0.717, 1.165) is 25.7 Å². The van der Waals surface area contributed by atoms with Crippen molar-refractivity contribution in [3.8, 4) is 0 Å². The van der Waals surface area contributed by atoms with Gasteiger partial charge in [-0.05, 0) is 32.2 Å². The van der Waals surface area contributed by atoms with Crippen molar-refractivity contribution in [1.82, 2.24) is 15.5 Å². The molecule has 1 aliphatic rings. The predicted molar refractivity (Wildman–Crippen MR) is 56.8 cm³/mol. The largest absolute Gasteiger partial charge is 0.346 e. The zero-order valence-corrected chi connectivity index (χ0v) is 9.11. The summed E-state index contributed by atoms with van der Waals surface area (Å²) in [4.78, 5) is 15.6. The summed E-state index contributed by atoms with van der Waals surface area (Å²) in [5.74, 6) is 0.403. The van der Waals surface area contributed by atoms with Crippen molar-refractivity contribution in [3.63, 3.8) is 0 Å². The van der Waals surface area contributed by atoms with E-state index >= 15 is 0 Å². The Morgan fingerprint density at radius 1 is 1.50 bits per heavy atom. The molecule has 88 valence electrons. The number of rotatable bonds is 6. The van der Waals surface area contributed by atoms with Crippen molar-refractivity contribution in [2.75, 3.05) is 6.54 Å². The Morgan fingerprint density at radius 3 is 3.00 bits per heavy atom. The van der Waals surface area contributed by atoms with Crippen LogP contribution in [0.5, 0.6) is 0 Å². The Kier molecular flexibility index (Phi) is 3.51. The van der Waals surface area contributed by atoms with Gasteiger partial charge in [0.05, 0.1) is 0 Å². The molecule has 1 fully saturated rings. The summed E-state index contributed by atoms with van der Waals surface area (Å²) in [6.07, 6.45) is 4.61. The Balaban J connectivity index is 1.83. The maximum Gasteiger partial charge on any atom is 0.292 e. The third kappa shape index (κ3) is 3.03. The van der Waals surface area contributed by atoms with Gasteiger partial charge >= 0.3 is 0 Å². The molecule has 1 aromatic heterocycles. The van der Waals surface area contributed by atoms with Gasteiger partial charge in [-0.15, -0.1) is 0 Å². The van der Waals surface area contributed by atoms with Crippen LogP contribution in [0.25, 0.3) is 0 Å². The van der Waals surface area contributed by atoms with Gasteiger partial charge in [-0.2, -0.15) is 4.98 Å². The number of nitrogens with two attached hydrogens (primary N) is 1. The van der Waals surface area contributed by atoms with Gasteiger partial charge in [-0.25, -0.2) is 0 Å².